The van der Waals surface area contributed by atoms with E-state index in [4.69, 9.17) is 4.74 Å². The quantitative estimate of drug-likeness (QED) is 0.400. The number of hydrogen-bond acceptors (Lipinski definition) is 4. The van der Waals surface area contributed by atoms with Crippen molar-refractivity contribution in [3.8, 4) is 0 Å². The molecular formula is C23H25N3O2. The molecule has 0 saturated carbocycles. The summed E-state index contributed by atoms with van der Waals surface area (Å²) in [6.07, 6.45) is 8.95. The fraction of sp³-hybridized carbons (Fsp3) is 0.261. The first-order valence-electron chi connectivity index (χ1n) is 9.61. The maximum atomic E-state index is 13.4. The Bertz CT molecular complexity index is 976. The van der Waals surface area contributed by atoms with Crippen LogP contribution in [0.15, 0.2) is 72.8 Å². The average molecular weight is 375 g/mol. The van der Waals surface area contributed by atoms with Crippen molar-refractivity contribution in [1.29, 1.82) is 0 Å². The molecule has 5 nitrogen and oxygen atoms in total. The lowest BCUT2D eigenvalue weighted by atomic mass is 10.0. The molecule has 3 aromatic rings. The van der Waals surface area contributed by atoms with Gasteiger partial charge in [-0.2, -0.15) is 0 Å². The summed E-state index contributed by atoms with van der Waals surface area (Å²) in [6.45, 7) is 4.32. The Kier molecular flexibility index (Phi) is 6.50. The van der Waals surface area contributed by atoms with Crippen LogP contribution in [0.1, 0.15) is 32.3 Å². The van der Waals surface area contributed by atoms with Crippen molar-refractivity contribution in [2.45, 2.75) is 32.4 Å². The van der Waals surface area contributed by atoms with E-state index in [9.17, 15) is 4.79 Å². The number of carbonyl (C=O) groups is 1. The molecule has 3 rings (SSSR count). The minimum absolute atomic E-state index is 0.207. The maximum absolute atomic E-state index is 13.4. The third kappa shape index (κ3) is 4.10. The highest BCUT2D eigenvalue weighted by Gasteiger charge is 2.39. The summed E-state index contributed by atoms with van der Waals surface area (Å²) in [5.74, 6) is -0.207. The van der Waals surface area contributed by atoms with Crippen molar-refractivity contribution in [2.75, 3.05) is 6.61 Å². The Morgan fingerprint density at radius 2 is 1.86 bits per heavy atom. The van der Waals surface area contributed by atoms with E-state index < -0.39 is 5.72 Å². The molecular weight excluding hydrogens is 350 g/mol. The first-order valence-corrected chi connectivity index (χ1v) is 9.61. The summed E-state index contributed by atoms with van der Waals surface area (Å²) in [4.78, 5) is 13.4. The number of unbranched alkanes of at least 4 members (excludes halogenated alkanes) is 1. The largest absolute Gasteiger partial charge is 0.344 e. The lowest BCUT2D eigenvalue weighted by Gasteiger charge is -2.28. The molecule has 2 aromatic carbocycles. The molecule has 0 aliphatic carbocycles. The molecule has 0 aliphatic rings. The van der Waals surface area contributed by atoms with Gasteiger partial charge in [-0.15, -0.1) is 5.10 Å². The molecule has 0 spiro atoms. The number of hydrogen-bond donors (Lipinski definition) is 0. The molecule has 28 heavy (non-hydrogen) atoms. The van der Waals surface area contributed by atoms with Crippen LogP contribution in [-0.4, -0.2) is 27.4 Å². The molecule has 0 amide bonds. The standard InChI is InChI=1S/C23H25N3O2/c1-3-5-11-18-23(28-4-2,22(27)17-16-19-12-7-6-8-13-19)26-21-15-10-9-14-20(21)24-25-26/h6-18H,3-5H2,1-2H3/b17-16+,18-11+. The summed E-state index contributed by atoms with van der Waals surface area (Å²) in [5.41, 5.74) is 1.04. The van der Waals surface area contributed by atoms with Crippen LogP contribution in [0.5, 0.6) is 0 Å². The number of para-hydroxylation sites is 1. The van der Waals surface area contributed by atoms with Gasteiger partial charge in [0.25, 0.3) is 0 Å². The number of ketones is 1. The monoisotopic (exact) mass is 375 g/mol. The van der Waals surface area contributed by atoms with Gasteiger partial charge in [0.15, 0.2) is 0 Å². The van der Waals surface area contributed by atoms with Gasteiger partial charge in [-0.3, -0.25) is 4.79 Å². The molecule has 0 radical (unpaired) electrons. The van der Waals surface area contributed by atoms with E-state index in [-0.39, 0.29) is 5.78 Å². The summed E-state index contributed by atoms with van der Waals surface area (Å²) < 4.78 is 7.63. The summed E-state index contributed by atoms with van der Waals surface area (Å²) >= 11 is 0. The van der Waals surface area contributed by atoms with Crippen molar-refractivity contribution < 1.29 is 9.53 Å². The fourth-order valence-corrected chi connectivity index (χ4v) is 3.04. The van der Waals surface area contributed by atoms with Crippen LogP contribution >= 0.6 is 0 Å². The van der Waals surface area contributed by atoms with E-state index in [0.717, 1.165) is 29.4 Å². The van der Waals surface area contributed by atoms with E-state index in [0.29, 0.717) is 6.61 Å². The number of carbonyl (C=O) groups excluding carboxylic acids is 1. The minimum Gasteiger partial charge on any atom is -0.344 e. The van der Waals surface area contributed by atoms with Crippen molar-refractivity contribution in [2.24, 2.45) is 0 Å². The molecule has 0 aliphatic heterocycles. The number of ether oxygens (including phenoxy) is 1. The number of benzene rings is 2. The van der Waals surface area contributed by atoms with Gasteiger partial charge < -0.3 is 4.74 Å². The van der Waals surface area contributed by atoms with E-state index in [1.165, 1.54) is 0 Å². The van der Waals surface area contributed by atoms with Gasteiger partial charge in [0.1, 0.15) is 5.52 Å². The van der Waals surface area contributed by atoms with Gasteiger partial charge in [0.05, 0.1) is 5.52 Å². The van der Waals surface area contributed by atoms with Crippen LogP contribution in [0.4, 0.5) is 0 Å². The lowest BCUT2D eigenvalue weighted by Crippen LogP contribution is -2.43. The molecule has 5 heteroatoms. The zero-order valence-electron chi connectivity index (χ0n) is 16.3. The smallest absolute Gasteiger partial charge is 0.245 e. The topological polar surface area (TPSA) is 57.0 Å². The zero-order valence-corrected chi connectivity index (χ0v) is 16.3. The predicted octanol–water partition coefficient (Wildman–Crippen LogP) is 4.76. The van der Waals surface area contributed by atoms with E-state index >= 15 is 0 Å². The Hall–Kier alpha value is -3.05. The van der Waals surface area contributed by atoms with Gasteiger partial charge in [0, 0.05) is 6.61 Å². The third-order valence-corrected chi connectivity index (χ3v) is 4.41. The van der Waals surface area contributed by atoms with Gasteiger partial charge >= 0.3 is 0 Å². The second-order valence-corrected chi connectivity index (χ2v) is 6.42. The normalized spacial score (nSPS) is 14.1. The Balaban J connectivity index is 2.09. The Morgan fingerprint density at radius 3 is 2.61 bits per heavy atom. The summed E-state index contributed by atoms with van der Waals surface area (Å²) in [7, 11) is 0. The molecule has 1 heterocycles. The maximum Gasteiger partial charge on any atom is 0.245 e. The van der Waals surface area contributed by atoms with Gasteiger partial charge in [0.2, 0.25) is 11.5 Å². The van der Waals surface area contributed by atoms with Crippen LogP contribution in [0.25, 0.3) is 17.1 Å². The molecule has 0 N–H and O–H groups in total. The average Bonchev–Trinajstić information content (AvgIpc) is 3.17. The zero-order chi connectivity index (χ0) is 19.8. The predicted molar refractivity (Wildman–Crippen MR) is 112 cm³/mol. The molecule has 1 atom stereocenters. The van der Waals surface area contributed by atoms with Crippen LogP contribution < -0.4 is 0 Å². The third-order valence-electron chi connectivity index (χ3n) is 4.41. The number of rotatable bonds is 9. The highest BCUT2D eigenvalue weighted by atomic mass is 16.5. The van der Waals surface area contributed by atoms with Crippen LogP contribution in [0.2, 0.25) is 0 Å². The summed E-state index contributed by atoms with van der Waals surface area (Å²) in [6, 6.07) is 17.3. The van der Waals surface area contributed by atoms with Crippen LogP contribution in [-0.2, 0) is 15.3 Å². The number of allylic oxidation sites excluding steroid dienone is 1. The highest BCUT2D eigenvalue weighted by molar-refractivity contribution is 6.00. The first-order chi connectivity index (χ1) is 13.7. The second-order valence-electron chi connectivity index (χ2n) is 6.42. The van der Waals surface area contributed by atoms with Crippen molar-refractivity contribution in [3.63, 3.8) is 0 Å². The number of fused-ring (bicyclic) bond motifs is 1. The molecule has 1 unspecified atom stereocenters. The molecule has 1 aromatic heterocycles. The van der Waals surface area contributed by atoms with E-state index in [1.807, 2.05) is 67.6 Å². The SMILES string of the molecule is CCC/C=C/C(OCC)(C(=O)/C=C/c1ccccc1)n1nnc2ccccc21. The van der Waals surface area contributed by atoms with E-state index in [1.54, 1.807) is 22.9 Å². The lowest BCUT2D eigenvalue weighted by molar-refractivity contribution is -0.145. The van der Waals surface area contributed by atoms with Gasteiger partial charge in [-0.05, 0) is 43.2 Å². The highest BCUT2D eigenvalue weighted by Crippen LogP contribution is 2.27. The second kappa shape index (κ2) is 9.24. The Labute approximate surface area is 165 Å². The van der Waals surface area contributed by atoms with Gasteiger partial charge in [-0.25, -0.2) is 4.68 Å². The van der Waals surface area contributed by atoms with Crippen molar-refractivity contribution in [3.05, 3.63) is 78.4 Å². The first kappa shape index (κ1) is 19.7. The molecule has 144 valence electrons. The molecule has 0 bridgehead atoms. The van der Waals surface area contributed by atoms with Crippen molar-refractivity contribution in [1.82, 2.24) is 15.0 Å². The van der Waals surface area contributed by atoms with E-state index in [2.05, 4.69) is 17.2 Å². The Morgan fingerprint density at radius 1 is 1.11 bits per heavy atom. The van der Waals surface area contributed by atoms with Crippen LogP contribution in [0, 0.1) is 0 Å². The number of nitrogens with zero attached hydrogens (tertiary/aromatic N) is 3. The molecule has 0 fully saturated rings. The summed E-state index contributed by atoms with van der Waals surface area (Å²) in [5, 5.41) is 8.50. The molecule has 0 saturated heterocycles. The minimum atomic E-state index is -1.37. The fourth-order valence-electron chi connectivity index (χ4n) is 3.04. The van der Waals surface area contributed by atoms with Crippen molar-refractivity contribution >= 4 is 22.9 Å². The van der Waals surface area contributed by atoms with Crippen LogP contribution in [0.3, 0.4) is 0 Å². The number of aromatic nitrogens is 3. The van der Waals surface area contributed by atoms with Gasteiger partial charge in [-0.1, -0.05) is 73.2 Å².